The van der Waals surface area contributed by atoms with Crippen molar-refractivity contribution in [2.24, 2.45) is 0 Å². The van der Waals surface area contributed by atoms with E-state index >= 15 is 0 Å². The monoisotopic (exact) mass is 281 g/mol. The van der Waals surface area contributed by atoms with Gasteiger partial charge in [-0.1, -0.05) is 12.1 Å². The number of benzene rings is 1. The summed E-state index contributed by atoms with van der Waals surface area (Å²) >= 11 is 0. The van der Waals surface area contributed by atoms with Gasteiger partial charge in [-0.3, -0.25) is 0 Å². The lowest BCUT2D eigenvalue weighted by Crippen LogP contribution is -2.23. The third-order valence-corrected chi connectivity index (χ3v) is 2.86. The third-order valence-electron chi connectivity index (χ3n) is 2.86. The first kappa shape index (κ1) is 17.0. The second kappa shape index (κ2) is 9.75. The zero-order valence-corrected chi connectivity index (χ0v) is 12.8. The fourth-order valence-electron chi connectivity index (χ4n) is 1.83. The van der Waals surface area contributed by atoms with Crippen molar-refractivity contribution in [1.29, 1.82) is 0 Å². The Morgan fingerprint density at radius 3 is 2.50 bits per heavy atom. The topological polar surface area (TPSA) is 50.7 Å². The number of aliphatic hydroxyl groups is 1. The molecule has 0 aliphatic rings. The first-order valence-electron chi connectivity index (χ1n) is 7.36. The van der Waals surface area contributed by atoms with Crippen molar-refractivity contribution in [3.05, 3.63) is 29.8 Å². The lowest BCUT2D eigenvalue weighted by molar-refractivity contribution is 0.0763. The van der Waals surface area contributed by atoms with E-state index in [1.165, 1.54) is 0 Å². The maximum Gasteiger partial charge on any atom is 0.119 e. The van der Waals surface area contributed by atoms with E-state index in [-0.39, 0.29) is 6.10 Å². The number of aliphatic hydroxyl groups excluding tert-OH is 1. The lowest BCUT2D eigenvalue weighted by Gasteiger charge is -2.13. The molecule has 4 heteroatoms. The van der Waals surface area contributed by atoms with Gasteiger partial charge in [0.2, 0.25) is 0 Å². The highest BCUT2D eigenvalue weighted by Gasteiger charge is 2.06. The van der Waals surface area contributed by atoms with Gasteiger partial charge in [0.15, 0.2) is 0 Å². The summed E-state index contributed by atoms with van der Waals surface area (Å²) in [5.41, 5.74) is 0.902. The fraction of sp³-hybridized carbons (Fsp3) is 0.625. The predicted octanol–water partition coefficient (Wildman–Crippen LogP) is 2.52. The molecule has 1 aromatic rings. The van der Waals surface area contributed by atoms with Crippen LogP contribution in [0, 0.1) is 0 Å². The van der Waals surface area contributed by atoms with Crippen molar-refractivity contribution < 1.29 is 14.6 Å². The number of ether oxygens (including phenoxy) is 2. The molecule has 0 fully saturated rings. The van der Waals surface area contributed by atoms with Gasteiger partial charge in [0.25, 0.3) is 0 Å². The Bertz CT molecular complexity index is 351. The summed E-state index contributed by atoms with van der Waals surface area (Å²) in [6.07, 6.45) is 0.745. The molecule has 1 unspecified atom stereocenters. The molecule has 0 bridgehead atoms. The molecule has 4 nitrogen and oxygen atoms in total. The maximum absolute atomic E-state index is 10.1. The average Bonchev–Trinajstić information content (AvgIpc) is 2.43. The molecular formula is C16H27NO3. The van der Waals surface area contributed by atoms with Crippen molar-refractivity contribution >= 4 is 0 Å². The zero-order valence-electron chi connectivity index (χ0n) is 12.8. The molecule has 0 aromatic heterocycles. The van der Waals surface area contributed by atoms with E-state index in [9.17, 15) is 5.11 Å². The summed E-state index contributed by atoms with van der Waals surface area (Å²) in [5.74, 6) is 0.835. The minimum absolute atomic E-state index is 0.282. The Balaban J connectivity index is 2.20. The molecule has 20 heavy (non-hydrogen) atoms. The molecule has 114 valence electrons. The van der Waals surface area contributed by atoms with Crippen molar-refractivity contribution in [1.82, 2.24) is 5.32 Å². The summed E-state index contributed by atoms with van der Waals surface area (Å²) in [5, 5.41) is 13.3. The van der Waals surface area contributed by atoms with Crippen molar-refractivity contribution in [2.75, 3.05) is 26.3 Å². The third kappa shape index (κ3) is 6.89. The van der Waals surface area contributed by atoms with Crippen LogP contribution in [0.3, 0.4) is 0 Å². The highest BCUT2D eigenvalue weighted by molar-refractivity contribution is 5.28. The zero-order chi connectivity index (χ0) is 14.8. The van der Waals surface area contributed by atoms with Crippen LogP contribution in [0.1, 0.15) is 38.9 Å². The Kier molecular flexibility index (Phi) is 8.26. The molecule has 0 saturated carbocycles. The second-order valence-corrected chi connectivity index (χ2v) is 5.00. The highest BCUT2D eigenvalue weighted by Crippen LogP contribution is 2.17. The van der Waals surface area contributed by atoms with Gasteiger partial charge in [-0.15, -0.1) is 0 Å². The summed E-state index contributed by atoms with van der Waals surface area (Å²) < 4.78 is 10.8. The standard InChI is InChI=1S/C16H27NO3/c1-4-19-15-8-6-14(7-9-15)16(18)12-17-10-5-11-20-13(2)3/h6-9,13,16-18H,4-5,10-12H2,1-3H3. The van der Waals surface area contributed by atoms with Gasteiger partial charge >= 0.3 is 0 Å². The molecule has 0 radical (unpaired) electrons. The van der Waals surface area contributed by atoms with Crippen LogP contribution in [0.2, 0.25) is 0 Å². The van der Waals surface area contributed by atoms with Crippen LogP contribution in [0.15, 0.2) is 24.3 Å². The number of nitrogens with one attached hydrogen (secondary N) is 1. The van der Waals surface area contributed by atoms with Gasteiger partial charge in [0, 0.05) is 13.2 Å². The first-order valence-corrected chi connectivity index (χ1v) is 7.36. The van der Waals surface area contributed by atoms with Crippen LogP contribution < -0.4 is 10.1 Å². The molecular weight excluding hydrogens is 254 g/mol. The molecule has 0 saturated heterocycles. The molecule has 0 heterocycles. The maximum atomic E-state index is 10.1. The summed E-state index contributed by atoms with van der Waals surface area (Å²) in [6.45, 7) is 8.82. The van der Waals surface area contributed by atoms with E-state index in [4.69, 9.17) is 9.47 Å². The lowest BCUT2D eigenvalue weighted by atomic mass is 10.1. The number of hydrogen-bond donors (Lipinski definition) is 2. The summed E-state index contributed by atoms with van der Waals surface area (Å²) in [6, 6.07) is 7.58. The van der Waals surface area contributed by atoms with Crippen LogP contribution in [-0.4, -0.2) is 37.5 Å². The highest BCUT2D eigenvalue weighted by atomic mass is 16.5. The van der Waals surface area contributed by atoms with Crippen LogP contribution in [0.25, 0.3) is 0 Å². The van der Waals surface area contributed by atoms with Crippen LogP contribution >= 0.6 is 0 Å². The first-order chi connectivity index (χ1) is 9.63. The Morgan fingerprint density at radius 1 is 1.20 bits per heavy atom. The van der Waals surface area contributed by atoms with Crippen molar-refractivity contribution in [3.63, 3.8) is 0 Å². The van der Waals surface area contributed by atoms with Crippen LogP contribution in [0.5, 0.6) is 5.75 Å². The Labute approximate surface area is 122 Å². The molecule has 2 N–H and O–H groups in total. The SMILES string of the molecule is CCOc1ccc(C(O)CNCCCOC(C)C)cc1. The van der Waals surface area contributed by atoms with Gasteiger partial charge in [0.1, 0.15) is 5.75 Å². The van der Waals surface area contributed by atoms with Gasteiger partial charge in [-0.05, 0) is 51.4 Å². The predicted molar refractivity (Wildman–Crippen MR) is 81.1 cm³/mol. The molecule has 0 amide bonds. The Morgan fingerprint density at radius 2 is 1.90 bits per heavy atom. The Hall–Kier alpha value is -1.10. The van der Waals surface area contributed by atoms with Gasteiger partial charge in [-0.25, -0.2) is 0 Å². The van der Waals surface area contributed by atoms with Crippen molar-refractivity contribution in [3.8, 4) is 5.75 Å². The minimum atomic E-state index is -0.489. The van der Waals surface area contributed by atoms with Gasteiger partial charge in [-0.2, -0.15) is 0 Å². The summed E-state index contributed by atoms with van der Waals surface area (Å²) in [7, 11) is 0. The summed E-state index contributed by atoms with van der Waals surface area (Å²) in [4.78, 5) is 0. The molecule has 1 aromatic carbocycles. The number of rotatable bonds is 10. The van der Waals surface area contributed by atoms with E-state index in [1.54, 1.807) is 0 Å². The van der Waals surface area contributed by atoms with Crippen molar-refractivity contribution in [2.45, 2.75) is 39.4 Å². The molecule has 0 aliphatic heterocycles. The second-order valence-electron chi connectivity index (χ2n) is 5.00. The van der Waals surface area contributed by atoms with Crippen LogP contribution in [-0.2, 0) is 4.74 Å². The van der Waals surface area contributed by atoms with E-state index in [0.717, 1.165) is 30.9 Å². The van der Waals surface area contributed by atoms with Gasteiger partial charge < -0.3 is 19.9 Å². The molecule has 1 atom stereocenters. The van der Waals surface area contributed by atoms with E-state index in [2.05, 4.69) is 5.32 Å². The number of hydrogen-bond acceptors (Lipinski definition) is 4. The van der Waals surface area contributed by atoms with E-state index in [1.807, 2.05) is 45.0 Å². The smallest absolute Gasteiger partial charge is 0.119 e. The van der Waals surface area contributed by atoms with Crippen LogP contribution in [0.4, 0.5) is 0 Å². The molecule has 1 rings (SSSR count). The minimum Gasteiger partial charge on any atom is -0.494 e. The largest absolute Gasteiger partial charge is 0.494 e. The van der Waals surface area contributed by atoms with E-state index < -0.39 is 6.10 Å². The quantitative estimate of drug-likeness (QED) is 0.647. The average molecular weight is 281 g/mol. The van der Waals surface area contributed by atoms with E-state index in [0.29, 0.717) is 13.2 Å². The fourth-order valence-corrected chi connectivity index (χ4v) is 1.83. The van der Waals surface area contributed by atoms with Gasteiger partial charge in [0.05, 0.1) is 18.8 Å². The molecule has 0 aliphatic carbocycles. The molecule has 0 spiro atoms. The normalized spacial score (nSPS) is 12.7.